The van der Waals surface area contributed by atoms with Crippen LogP contribution in [0.1, 0.15) is 45.7 Å². The minimum atomic E-state index is 0.120. The van der Waals surface area contributed by atoms with Crippen LogP contribution in [-0.4, -0.2) is 37.6 Å². The first-order valence-electron chi connectivity index (χ1n) is 8.16. The molecule has 0 heterocycles. The number of carbonyl (C=O) groups is 1. The lowest BCUT2D eigenvalue weighted by Crippen LogP contribution is -2.38. The fourth-order valence-electron chi connectivity index (χ4n) is 2.62. The molecule has 0 spiro atoms. The van der Waals surface area contributed by atoms with Crippen LogP contribution in [0.5, 0.6) is 5.75 Å². The number of hydrogen-bond acceptors (Lipinski definition) is 3. The van der Waals surface area contributed by atoms with Crippen LogP contribution in [0.25, 0.3) is 0 Å². The molecule has 0 aromatic heterocycles. The van der Waals surface area contributed by atoms with Crippen molar-refractivity contribution in [1.82, 2.24) is 10.2 Å². The highest BCUT2D eigenvalue weighted by Crippen LogP contribution is 2.23. The van der Waals surface area contributed by atoms with Gasteiger partial charge >= 0.3 is 0 Å². The minimum Gasteiger partial charge on any atom is -0.497 e. The van der Waals surface area contributed by atoms with Crippen LogP contribution in [-0.2, 0) is 4.79 Å². The first-order valence-corrected chi connectivity index (χ1v) is 8.16. The molecule has 1 amide bonds. The Kier molecular flexibility index (Phi) is 7.96. The quantitative estimate of drug-likeness (QED) is 0.761. The average Bonchev–Trinajstić information content (AvgIpc) is 2.50. The van der Waals surface area contributed by atoms with Crippen LogP contribution >= 0.6 is 0 Å². The van der Waals surface area contributed by atoms with Gasteiger partial charge in [0.2, 0.25) is 5.91 Å². The number of benzene rings is 1. The van der Waals surface area contributed by atoms with Crippen LogP contribution in [0.4, 0.5) is 0 Å². The lowest BCUT2D eigenvalue weighted by atomic mass is 10.0. The fourth-order valence-corrected chi connectivity index (χ4v) is 2.62. The summed E-state index contributed by atoms with van der Waals surface area (Å²) in [4.78, 5) is 14.3. The molecule has 1 unspecified atom stereocenters. The minimum absolute atomic E-state index is 0.120. The zero-order valence-corrected chi connectivity index (χ0v) is 14.6. The predicted molar refractivity (Wildman–Crippen MR) is 91.1 cm³/mol. The van der Waals surface area contributed by atoms with Crippen molar-refractivity contribution in [3.63, 3.8) is 0 Å². The summed E-state index contributed by atoms with van der Waals surface area (Å²) in [6.45, 7) is 10.9. The van der Waals surface area contributed by atoms with Crippen LogP contribution in [0, 0.1) is 5.92 Å². The van der Waals surface area contributed by atoms with Gasteiger partial charge in [-0.2, -0.15) is 0 Å². The second-order valence-electron chi connectivity index (χ2n) is 5.92. The average molecular weight is 306 g/mol. The molecule has 22 heavy (non-hydrogen) atoms. The van der Waals surface area contributed by atoms with Gasteiger partial charge < -0.3 is 10.1 Å². The summed E-state index contributed by atoms with van der Waals surface area (Å²) in [7, 11) is 1.68. The van der Waals surface area contributed by atoms with Crippen molar-refractivity contribution in [2.24, 2.45) is 5.92 Å². The zero-order chi connectivity index (χ0) is 16.5. The summed E-state index contributed by atoms with van der Waals surface area (Å²) in [6.07, 6.45) is 0.573. The van der Waals surface area contributed by atoms with E-state index >= 15 is 0 Å². The van der Waals surface area contributed by atoms with Gasteiger partial charge in [-0.05, 0) is 36.7 Å². The third-order valence-electron chi connectivity index (χ3n) is 3.82. The topological polar surface area (TPSA) is 41.6 Å². The summed E-state index contributed by atoms with van der Waals surface area (Å²) >= 11 is 0. The van der Waals surface area contributed by atoms with E-state index in [1.807, 2.05) is 12.1 Å². The highest BCUT2D eigenvalue weighted by Gasteiger charge is 2.19. The van der Waals surface area contributed by atoms with Crippen molar-refractivity contribution >= 4 is 5.91 Å². The molecule has 0 aliphatic heterocycles. The molecule has 0 fully saturated rings. The third-order valence-corrected chi connectivity index (χ3v) is 3.82. The number of ether oxygens (including phenoxy) is 1. The van der Waals surface area contributed by atoms with Crippen LogP contribution in [0.15, 0.2) is 24.3 Å². The lowest BCUT2D eigenvalue weighted by Gasteiger charge is -2.30. The van der Waals surface area contributed by atoms with Gasteiger partial charge in [-0.25, -0.2) is 0 Å². The van der Waals surface area contributed by atoms with E-state index in [-0.39, 0.29) is 11.9 Å². The summed E-state index contributed by atoms with van der Waals surface area (Å²) < 4.78 is 5.32. The van der Waals surface area contributed by atoms with Crippen molar-refractivity contribution in [2.75, 3.05) is 26.7 Å². The van der Waals surface area contributed by atoms with E-state index < -0.39 is 0 Å². The van der Waals surface area contributed by atoms with E-state index in [9.17, 15) is 4.79 Å². The van der Waals surface area contributed by atoms with E-state index in [1.165, 1.54) is 5.56 Å². The summed E-state index contributed by atoms with van der Waals surface area (Å²) in [6, 6.07) is 8.26. The molecule has 0 saturated heterocycles. The summed E-state index contributed by atoms with van der Waals surface area (Å²) in [5.41, 5.74) is 1.17. The Bertz CT molecular complexity index is 456. The molecule has 0 bridgehead atoms. The van der Waals surface area contributed by atoms with E-state index in [0.29, 0.717) is 18.9 Å². The lowest BCUT2D eigenvalue weighted by molar-refractivity contribution is -0.122. The monoisotopic (exact) mass is 306 g/mol. The highest BCUT2D eigenvalue weighted by molar-refractivity contribution is 5.76. The normalized spacial score (nSPS) is 12.5. The molecule has 1 aromatic rings. The molecule has 1 atom stereocenters. The first-order chi connectivity index (χ1) is 10.5. The van der Waals surface area contributed by atoms with Crippen molar-refractivity contribution < 1.29 is 9.53 Å². The van der Waals surface area contributed by atoms with Crippen molar-refractivity contribution in [2.45, 2.75) is 40.2 Å². The first kappa shape index (κ1) is 18.5. The number of nitrogens with one attached hydrogen (secondary N) is 1. The molecule has 0 aliphatic carbocycles. The summed E-state index contributed by atoms with van der Waals surface area (Å²) in [5.74, 6) is 1.35. The Morgan fingerprint density at radius 2 is 1.95 bits per heavy atom. The largest absolute Gasteiger partial charge is 0.497 e. The molecule has 4 heteroatoms. The Hall–Kier alpha value is -1.55. The second-order valence-corrected chi connectivity index (χ2v) is 5.92. The van der Waals surface area contributed by atoms with Crippen LogP contribution in [0.2, 0.25) is 0 Å². The molecule has 0 saturated carbocycles. The molecule has 0 radical (unpaired) electrons. The maximum Gasteiger partial charge on any atom is 0.220 e. The third kappa shape index (κ3) is 5.68. The molecule has 1 rings (SSSR count). The SMILES string of the molecule is CCN(CC)C(CNC(=O)CC(C)C)c1cccc(OC)c1. The van der Waals surface area contributed by atoms with Crippen molar-refractivity contribution in [3.8, 4) is 5.75 Å². The van der Waals surface area contributed by atoms with Gasteiger partial charge in [0.15, 0.2) is 0 Å². The number of nitrogens with zero attached hydrogens (tertiary/aromatic N) is 1. The van der Waals surface area contributed by atoms with Crippen molar-refractivity contribution in [3.05, 3.63) is 29.8 Å². The maximum atomic E-state index is 12.0. The van der Waals surface area contributed by atoms with Gasteiger partial charge in [-0.1, -0.05) is 39.8 Å². The molecular weight excluding hydrogens is 276 g/mol. The zero-order valence-electron chi connectivity index (χ0n) is 14.6. The summed E-state index contributed by atoms with van der Waals surface area (Å²) in [5, 5.41) is 3.08. The number of hydrogen-bond donors (Lipinski definition) is 1. The molecule has 1 aromatic carbocycles. The Labute approximate surface area is 134 Å². The smallest absolute Gasteiger partial charge is 0.220 e. The van der Waals surface area contributed by atoms with E-state index in [4.69, 9.17) is 4.74 Å². The Balaban J connectivity index is 2.86. The molecule has 1 N–H and O–H groups in total. The Morgan fingerprint density at radius 1 is 1.27 bits per heavy atom. The van der Waals surface area contributed by atoms with Gasteiger partial charge in [0.05, 0.1) is 13.2 Å². The number of likely N-dealkylation sites (N-methyl/N-ethyl adjacent to an activating group) is 1. The van der Waals surface area contributed by atoms with E-state index in [1.54, 1.807) is 7.11 Å². The van der Waals surface area contributed by atoms with Crippen molar-refractivity contribution in [1.29, 1.82) is 0 Å². The van der Waals surface area contributed by atoms with E-state index in [2.05, 4.69) is 50.0 Å². The molecule has 124 valence electrons. The Morgan fingerprint density at radius 3 is 2.50 bits per heavy atom. The van der Waals surface area contributed by atoms with Crippen LogP contribution in [0.3, 0.4) is 0 Å². The standard InChI is InChI=1S/C18H30N2O2/c1-6-20(7-2)17(13-19-18(21)11-14(3)4)15-9-8-10-16(12-15)22-5/h8-10,12,14,17H,6-7,11,13H2,1-5H3,(H,19,21). The van der Waals surface area contributed by atoms with Gasteiger partial charge in [0, 0.05) is 13.0 Å². The van der Waals surface area contributed by atoms with Gasteiger partial charge in [0.1, 0.15) is 5.75 Å². The molecular formula is C18H30N2O2. The maximum absolute atomic E-state index is 12.0. The van der Waals surface area contributed by atoms with Gasteiger partial charge in [0.25, 0.3) is 0 Å². The number of rotatable bonds is 9. The van der Waals surface area contributed by atoms with Crippen LogP contribution < -0.4 is 10.1 Å². The number of amides is 1. The van der Waals surface area contributed by atoms with Gasteiger partial charge in [-0.3, -0.25) is 9.69 Å². The van der Waals surface area contributed by atoms with Gasteiger partial charge in [-0.15, -0.1) is 0 Å². The van der Waals surface area contributed by atoms with E-state index in [0.717, 1.165) is 18.8 Å². The molecule has 0 aliphatic rings. The number of carbonyl (C=O) groups excluding carboxylic acids is 1. The fraction of sp³-hybridized carbons (Fsp3) is 0.611. The molecule has 4 nitrogen and oxygen atoms in total. The predicted octanol–water partition coefficient (Wildman–Crippen LogP) is 3.24. The number of methoxy groups -OCH3 is 1. The highest BCUT2D eigenvalue weighted by atomic mass is 16.5. The second kappa shape index (κ2) is 9.46.